The van der Waals surface area contributed by atoms with Crippen LogP contribution < -0.4 is 0 Å². The van der Waals surface area contributed by atoms with Gasteiger partial charge in [-0.1, -0.05) is 48.5 Å². The molecule has 0 amide bonds. The van der Waals surface area contributed by atoms with Gasteiger partial charge in [-0.2, -0.15) is 0 Å². The number of benzene rings is 4. The molecule has 2 heterocycles. The Balaban J connectivity index is 1.22. The van der Waals surface area contributed by atoms with Gasteiger partial charge in [0.25, 0.3) is 0 Å². The van der Waals surface area contributed by atoms with E-state index in [-0.39, 0.29) is 0 Å². The molecule has 2 aromatic heterocycles. The summed E-state index contributed by atoms with van der Waals surface area (Å²) in [7, 11) is 0. The Morgan fingerprint density at radius 3 is 1.34 bits per heavy atom. The highest BCUT2D eigenvalue weighted by atomic mass is 14.9. The first kappa shape index (κ1) is 17.6. The van der Waals surface area contributed by atoms with E-state index in [2.05, 4.69) is 84.9 Å². The first-order valence-corrected chi connectivity index (χ1v) is 13.0. The Hall–Kier alpha value is -3.78. The lowest BCUT2D eigenvalue weighted by Gasteiger charge is -2.26. The SMILES string of the molecule is c1ccc2cc3nc4c(cc3cc2c1)C1C2CC3C1c1cc5cc6ccccc6cc5nc1C3C42. The van der Waals surface area contributed by atoms with Crippen molar-refractivity contribution >= 4 is 43.4 Å². The fraction of sp³-hybridized carbons (Fsp3) is 0.212. The molecular formula is C33H22N2. The van der Waals surface area contributed by atoms with E-state index >= 15 is 0 Å². The van der Waals surface area contributed by atoms with Gasteiger partial charge in [0.15, 0.2) is 0 Å². The Labute approximate surface area is 202 Å². The summed E-state index contributed by atoms with van der Waals surface area (Å²) in [5.41, 5.74) is 8.18. The molecule has 4 aromatic carbocycles. The van der Waals surface area contributed by atoms with Crippen LogP contribution in [0.3, 0.4) is 0 Å². The summed E-state index contributed by atoms with van der Waals surface area (Å²) < 4.78 is 0. The third-order valence-electron chi connectivity index (χ3n) is 10.00. The van der Waals surface area contributed by atoms with Crippen LogP contribution in [0.5, 0.6) is 0 Å². The van der Waals surface area contributed by atoms with Crippen LogP contribution in [0.2, 0.25) is 0 Å². The molecule has 2 nitrogen and oxygen atoms in total. The zero-order valence-electron chi connectivity index (χ0n) is 19.1. The molecule has 10 rings (SSSR count). The highest BCUT2D eigenvalue weighted by Crippen LogP contribution is 2.78. The fourth-order valence-electron chi connectivity index (χ4n) is 8.86. The standard InChI is InChI=1S/C33H22N2/c1-3-7-18-13-26-20(9-16(18)5-1)11-24-28-22-15-23-29(28)25-12-21-10-17-6-2-4-8-19(17)14-27(21)35-33(25)31(23)30(22)32(24)34-26/h1-14,22-23,28-31H,15H2. The van der Waals surface area contributed by atoms with E-state index in [1.165, 1.54) is 50.1 Å². The molecule has 6 unspecified atom stereocenters. The summed E-state index contributed by atoms with van der Waals surface area (Å²) in [4.78, 5) is 10.8. The summed E-state index contributed by atoms with van der Waals surface area (Å²) in [5.74, 6) is 3.78. The zero-order valence-corrected chi connectivity index (χ0v) is 19.1. The van der Waals surface area contributed by atoms with Gasteiger partial charge in [-0.25, -0.2) is 0 Å². The van der Waals surface area contributed by atoms with E-state index in [0.717, 1.165) is 22.9 Å². The van der Waals surface area contributed by atoms with Gasteiger partial charge in [-0.15, -0.1) is 0 Å². The van der Waals surface area contributed by atoms with Crippen LogP contribution in [0.1, 0.15) is 52.6 Å². The lowest BCUT2D eigenvalue weighted by Crippen LogP contribution is -2.17. The Bertz CT molecular complexity index is 1660. The molecule has 0 saturated heterocycles. The van der Waals surface area contributed by atoms with E-state index in [1.54, 1.807) is 11.1 Å². The van der Waals surface area contributed by atoms with Crippen LogP contribution in [0.25, 0.3) is 43.4 Å². The smallest absolute Gasteiger partial charge is 0.0712 e. The van der Waals surface area contributed by atoms with Crippen LogP contribution in [-0.4, -0.2) is 9.97 Å². The number of hydrogen-bond acceptors (Lipinski definition) is 2. The number of rotatable bonds is 0. The molecule has 0 radical (unpaired) electrons. The van der Waals surface area contributed by atoms with Gasteiger partial charge in [-0.3, -0.25) is 9.97 Å². The van der Waals surface area contributed by atoms with Gasteiger partial charge in [0.05, 0.1) is 11.0 Å². The molecule has 0 spiro atoms. The monoisotopic (exact) mass is 446 g/mol. The maximum atomic E-state index is 5.39. The molecule has 164 valence electrons. The Morgan fingerprint density at radius 2 is 0.886 bits per heavy atom. The van der Waals surface area contributed by atoms with Crippen LogP contribution in [-0.2, 0) is 0 Å². The minimum atomic E-state index is 0.541. The second-order valence-electron chi connectivity index (χ2n) is 11.4. The lowest BCUT2D eigenvalue weighted by atomic mass is 9.76. The Kier molecular flexibility index (Phi) is 2.88. The van der Waals surface area contributed by atoms with E-state index < -0.39 is 0 Å². The molecule has 2 saturated carbocycles. The summed E-state index contributed by atoms with van der Waals surface area (Å²) in [6.45, 7) is 0. The predicted octanol–water partition coefficient (Wildman–Crippen LogP) is 7.80. The van der Waals surface area contributed by atoms with Crippen LogP contribution in [0, 0.1) is 11.8 Å². The first-order valence-electron chi connectivity index (χ1n) is 13.0. The van der Waals surface area contributed by atoms with Crippen molar-refractivity contribution in [2.24, 2.45) is 11.8 Å². The molecule has 0 aliphatic heterocycles. The average Bonchev–Trinajstić information content (AvgIpc) is 3.56. The fourth-order valence-corrected chi connectivity index (χ4v) is 8.86. The molecule has 4 aliphatic rings. The van der Waals surface area contributed by atoms with Crippen molar-refractivity contribution in [3.05, 3.63) is 107 Å². The van der Waals surface area contributed by atoms with Gasteiger partial charge in [-0.05, 0) is 99.2 Å². The van der Waals surface area contributed by atoms with Crippen molar-refractivity contribution in [1.82, 2.24) is 9.97 Å². The quantitative estimate of drug-likeness (QED) is 0.222. The van der Waals surface area contributed by atoms with Gasteiger partial charge < -0.3 is 0 Å². The molecule has 35 heavy (non-hydrogen) atoms. The second kappa shape index (κ2) is 5.71. The summed E-state index contributed by atoms with van der Waals surface area (Å²) in [6, 6.07) is 31.6. The summed E-state index contributed by atoms with van der Waals surface area (Å²) >= 11 is 0. The van der Waals surface area contributed by atoms with Crippen molar-refractivity contribution in [2.45, 2.75) is 30.1 Å². The number of nitrogens with zero attached hydrogens (tertiary/aromatic N) is 2. The van der Waals surface area contributed by atoms with E-state index in [1.807, 2.05) is 0 Å². The highest BCUT2D eigenvalue weighted by Gasteiger charge is 2.68. The zero-order chi connectivity index (χ0) is 22.4. The topological polar surface area (TPSA) is 25.8 Å². The van der Waals surface area contributed by atoms with Crippen molar-refractivity contribution in [1.29, 1.82) is 0 Å². The molecule has 4 aliphatic carbocycles. The summed E-state index contributed by atoms with van der Waals surface area (Å²) in [5, 5.41) is 7.77. The van der Waals surface area contributed by atoms with E-state index in [9.17, 15) is 0 Å². The molecule has 2 bridgehead atoms. The van der Waals surface area contributed by atoms with Gasteiger partial charge in [0.2, 0.25) is 0 Å². The van der Waals surface area contributed by atoms with Gasteiger partial charge in [0.1, 0.15) is 0 Å². The number of aromatic nitrogens is 2. The van der Waals surface area contributed by atoms with Crippen LogP contribution in [0.15, 0.2) is 84.9 Å². The molecular weight excluding hydrogens is 424 g/mol. The average molecular weight is 447 g/mol. The van der Waals surface area contributed by atoms with Crippen molar-refractivity contribution in [3.8, 4) is 0 Å². The highest BCUT2D eigenvalue weighted by molar-refractivity contribution is 5.98. The second-order valence-corrected chi connectivity index (χ2v) is 11.4. The van der Waals surface area contributed by atoms with Crippen molar-refractivity contribution < 1.29 is 0 Å². The number of hydrogen-bond donors (Lipinski definition) is 0. The Morgan fingerprint density at radius 1 is 0.457 bits per heavy atom. The number of pyridine rings is 2. The van der Waals surface area contributed by atoms with Gasteiger partial charge in [0, 0.05) is 34.0 Å². The molecule has 2 fully saturated rings. The molecule has 6 aromatic rings. The third kappa shape index (κ3) is 1.98. The van der Waals surface area contributed by atoms with Crippen LogP contribution in [0.4, 0.5) is 0 Å². The maximum absolute atomic E-state index is 5.39. The predicted molar refractivity (Wildman–Crippen MR) is 141 cm³/mol. The lowest BCUT2D eigenvalue weighted by molar-refractivity contribution is 0.350. The number of fused-ring (bicyclic) bond motifs is 12. The van der Waals surface area contributed by atoms with Crippen molar-refractivity contribution in [3.63, 3.8) is 0 Å². The van der Waals surface area contributed by atoms with E-state index in [4.69, 9.17) is 9.97 Å². The minimum absolute atomic E-state index is 0.541. The largest absolute Gasteiger partial charge is 0.252 e. The minimum Gasteiger partial charge on any atom is -0.252 e. The summed E-state index contributed by atoms with van der Waals surface area (Å²) in [6.07, 6.45) is 1.34. The normalized spacial score (nSPS) is 29.0. The third-order valence-corrected chi connectivity index (χ3v) is 10.00. The molecule has 2 heteroatoms. The van der Waals surface area contributed by atoms with Crippen molar-refractivity contribution in [2.75, 3.05) is 0 Å². The maximum Gasteiger partial charge on any atom is 0.0712 e. The van der Waals surface area contributed by atoms with Gasteiger partial charge >= 0.3 is 0 Å². The molecule has 6 atom stereocenters. The van der Waals surface area contributed by atoms with Crippen LogP contribution >= 0.6 is 0 Å². The molecule has 0 N–H and O–H groups in total. The van der Waals surface area contributed by atoms with E-state index in [0.29, 0.717) is 23.7 Å². The first-order chi connectivity index (χ1) is 17.3.